The largest absolute Gasteiger partial charge is 0.394 e. The Balaban J connectivity index is 2.11. The topological polar surface area (TPSA) is 149 Å². The maximum atomic E-state index is 13.1. The van der Waals surface area contributed by atoms with Gasteiger partial charge in [-0.15, -0.1) is 0 Å². The number of allylic oxidation sites excluding steroid dienone is 1. The van der Waals surface area contributed by atoms with Crippen LogP contribution in [-0.2, 0) is 14.3 Å². The summed E-state index contributed by atoms with van der Waals surface area (Å²) in [4.78, 5) is 13.1. The maximum Gasteiger partial charge on any atom is 0.220 e. The van der Waals surface area contributed by atoms with Gasteiger partial charge in [-0.2, -0.15) is 0 Å². The lowest BCUT2D eigenvalue weighted by molar-refractivity contribution is -0.302. The fraction of sp³-hybridized carbons (Fsp3) is 0.957. The molecule has 1 heterocycles. The van der Waals surface area contributed by atoms with Crippen molar-refractivity contribution in [2.24, 2.45) is 0 Å². The van der Waals surface area contributed by atoms with Crippen molar-refractivity contribution in [2.45, 2.75) is 410 Å². The summed E-state index contributed by atoms with van der Waals surface area (Å²) in [5.41, 5.74) is 0. The summed E-state index contributed by atoms with van der Waals surface area (Å²) in [6.45, 7) is 3.85. The van der Waals surface area contributed by atoms with Gasteiger partial charge in [0.2, 0.25) is 5.91 Å². The van der Waals surface area contributed by atoms with Crippen molar-refractivity contribution in [3.8, 4) is 0 Å². The summed E-state index contributed by atoms with van der Waals surface area (Å²) in [7, 11) is 0. The van der Waals surface area contributed by atoms with E-state index in [1.54, 1.807) is 6.08 Å². The molecule has 9 heteroatoms. The van der Waals surface area contributed by atoms with Crippen molar-refractivity contribution in [2.75, 3.05) is 13.2 Å². The molecule has 1 aliphatic rings. The highest BCUT2D eigenvalue weighted by atomic mass is 16.7. The highest BCUT2D eigenvalue weighted by Crippen LogP contribution is 2.24. The third-order valence-corrected chi connectivity index (χ3v) is 17.1. The van der Waals surface area contributed by atoms with Crippen LogP contribution in [0.25, 0.3) is 0 Å². The van der Waals surface area contributed by atoms with E-state index in [4.69, 9.17) is 9.47 Å². The van der Waals surface area contributed by atoms with Gasteiger partial charge in [-0.05, 0) is 19.3 Å². The smallest absolute Gasteiger partial charge is 0.220 e. The van der Waals surface area contributed by atoms with Gasteiger partial charge < -0.3 is 40.3 Å². The number of carbonyl (C=O) groups is 1. The third kappa shape index (κ3) is 47.4. The van der Waals surface area contributed by atoms with E-state index in [0.29, 0.717) is 6.42 Å². The van der Waals surface area contributed by atoms with Crippen molar-refractivity contribution in [3.05, 3.63) is 12.2 Å². The van der Waals surface area contributed by atoms with Crippen LogP contribution in [0.15, 0.2) is 12.2 Å². The van der Waals surface area contributed by atoms with E-state index in [2.05, 4.69) is 19.2 Å². The molecule has 0 aromatic rings. The number of ether oxygens (including phenoxy) is 2. The van der Waals surface area contributed by atoms with Crippen LogP contribution in [0.3, 0.4) is 0 Å². The molecule has 6 N–H and O–H groups in total. The number of rotatable bonds is 62. The number of amides is 1. The van der Waals surface area contributed by atoms with Gasteiger partial charge in [0, 0.05) is 6.42 Å². The number of hydrogen-bond acceptors (Lipinski definition) is 8. The number of nitrogens with one attached hydrogen (secondary N) is 1. The molecule has 7 atom stereocenters. The zero-order chi connectivity index (χ0) is 56.5. The first-order valence-corrected chi connectivity index (χ1v) is 34.9. The van der Waals surface area contributed by atoms with Gasteiger partial charge >= 0.3 is 0 Å². The first-order valence-electron chi connectivity index (χ1n) is 34.9. The molecule has 0 bridgehead atoms. The van der Waals surface area contributed by atoms with Gasteiger partial charge in [0.05, 0.1) is 25.4 Å². The fourth-order valence-corrected chi connectivity index (χ4v) is 11.6. The predicted octanol–water partition coefficient (Wildman–Crippen LogP) is 18.7. The number of hydrogen-bond donors (Lipinski definition) is 6. The minimum Gasteiger partial charge on any atom is -0.394 e. The van der Waals surface area contributed by atoms with E-state index in [1.165, 1.54) is 308 Å². The highest BCUT2D eigenvalue weighted by Gasteiger charge is 2.44. The molecule has 1 aliphatic heterocycles. The van der Waals surface area contributed by atoms with Gasteiger partial charge in [0.1, 0.15) is 24.4 Å². The Morgan fingerprint density at radius 2 is 0.705 bits per heavy atom. The van der Waals surface area contributed by atoms with Crippen LogP contribution >= 0.6 is 0 Å². The van der Waals surface area contributed by atoms with Crippen LogP contribution in [0.1, 0.15) is 367 Å². The van der Waals surface area contributed by atoms with Crippen molar-refractivity contribution in [1.82, 2.24) is 5.32 Å². The van der Waals surface area contributed by atoms with Crippen LogP contribution < -0.4 is 5.32 Å². The second-order valence-electron chi connectivity index (χ2n) is 24.7. The molecular weight excluding hydrogens is 971 g/mol. The number of unbranched alkanes of at least 4 members (excludes halogenated alkanes) is 52. The highest BCUT2D eigenvalue weighted by molar-refractivity contribution is 5.76. The van der Waals surface area contributed by atoms with Crippen LogP contribution in [0.4, 0.5) is 0 Å². The Morgan fingerprint density at radius 3 is 1.00 bits per heavy atom. The minimum atomic E-state index is -1.56. The van der Waals surface area contributed by atoms with Crippen LogP contribution in [0.5, 0.6) is 0 Å². The van der Waals surface area contributed by atoms with Gasteiger partial charge in [0.15, 0.2) is 6.29 Å². The zero-order valence-electron chi connectivity index (χ0n) is 52.0. The van der Waals surface area contributed by atoms with E-state index in [-0.39, 0.29) is 12.5 Å². The fourth-order valence-electron chi connectivity index (χ4n) is 11.6. The SMILES string of the molecule is CCCCCCCCCCCCCCCCCCCCCCCC/C=C/C(O)C(COC1OC(CO)C(O)C(O)C1O)NC(=O)CCCCCCCCCCCCCCCCCCCCCCCCCCCCCCCCC. The first kappa shape index (κ1) is 74.9. The van der Waals surface area contributed by atoms with Crippen LogP contribution in [0.2, 0.25) is 0 Å². The van der Waals surface area contributed by atoms with Gasteiger partial charge in [-0.3, -0.25) is 4.79 Å². The Hall–Kier alpha value is -1.07. The van der Waals surface area contributed by atoms with E-state index in [1.807, 2.05) is 6.08 Å². The third-order valence-electron chi connectivity index (χ3n) is 17.1. The van der Waals surface area contributed by atoms with Crippen LogP contribution in [-0.4, -0.2) is 87.5 Å². The number of aliphatic hydroxyl groups is 5. The summed E-state index contributed by atoms with van der Waals surface area (Å²) in [5, 5.41) is 54.8. The predicted molar refractivity (Wildman–Crippen MR) is 332 cm³/mol. The standard InChI is InChI=1S/C69H135NO8/c1-3-5-7-9-11-13-15-17-19-21-23-25-27-29-30-31-32-33-34-35-37-39-41-43-45-47-49-51-53-55-57-59-65(73)70-62(61-77-69-68(76)67(75)66(74)64(60-71)78-69)63(72)58-56-54-52-50-48-46-44-42-40-38-36-28-26-24-22-20-18-16-14-12-10-8-6-4-2/h56,58,62-64,66-69,71-72,74-76H,3-55,57,59-61H2,1-2H3,(H,70,73)/b58-56+. The van der Waals surface area contributed by atoms with E-state index >= 15 is 0 Å². The molecule has 7 unspecified atom stereocenters. The molecule has 0 aromatic carbocycles. The summed E-state index contributed by atoms with van der Waals surface area (Å²) >= 11 is 0. The van der Waals surface area contributed by atoms with Gasteiger partial charge in [-0.1, -0.05) is 353 Å². The Kier molecular flexibility index (Phi) is 56.8. The normalized spacial score (nSPS) is 18.6. The second kappa shape index (κ2) is 59.1. The minimum absolute atomic E-state index is 0.167. The lowest BCUT2D eigenvalue weighted by Gasteiger charge is -2.40. The summed E-state index contributed by atoms with van der Waals surface area (Å²) in [6.07, 6.45) is 68.9. The van der Waals surface area contributed by atoms with Crippen LogP contribution in [0, 0.1) is 0 Å². The molecular formula is C69H135NO8. The monoisotopic (exact) mass is 1110 g/mol. The molecule has 1 amide bonds. The molecule has 0 spiro atoms. The van der Waals surface area contributed by atoms with Crippen molar-refractivity contribution >= 4 is 5.91 Å². The molecule has 9 nitrogen and oxygen atoms in total. The molecule has 1 saturated heterocycles. The second-order valence-corrected chi connectivity index (χ2v) is 24.7. The van der Waals surface area contributed by atoms with Crippen molar-refractivity contribution in [3.63, 3.8) is 0 Å². The lowest BCUT2D eigenvalue weighted by Crippen LogP contribution is -2.60. The average Bonchev–Trinajstić information content (AvgIpc) is 3.45. The van der Waals surface area contributed by atoms with E-state index in [0.717, 1.165) is 38.5 Å². The van der Waals surface area contributed by atoms with E-state index in [9.17, 15) is 30.3 Å². The van der Waals surface area contributed by atoms with E-state index < -0.39 is 49.5 Å². The Labute approximate surface area is 484 Å². The quantitative estimate of drug-likeness (QED) is 0.0261. The van der Waals surface area contributed by atoms with Gasteiger partial charge in [-0.25, -0.2) is 0 Å². The number of aliphatic hydroxyl groups excluding tert-OH is 5. The Morgan fingerprint density at radius 1 is 0.423 bits per heavy atom. The summed E-state index contributed by atoms with van der Waals surface area (Å²) in [5.74, 6) is -0.167. The zero-order valence-corrected chi connectivity index (χ0v) is 52.0. The average molecular weight is 1110 g/mol. The summed E-state index contributed by atoms with van der Waals surface area (Å²) < 4.78 is 11.3. The molecule has 464 valence electrons. The number of carbonyl (C=O) groups excluding carboxylic acids is 1. The maximum absolute atomic E-state index is 13.1. The molecule has 1 rings (SSSR count). The molecule has 0 aliphatic carbocycles. The first-order chi connectivity index (χ1) is 38.3. The molecule has 0 radical (unpaired) electrons. The Bertz CT molecular complexity index is 1240. The summed E-state index contributed by atoms with van der Waals surface area (Å²) in [6, 6.07) is -0.802. The molecule has 1 fully saturated rings. The molecule has 0 aromatic heterocycles. The van der Waals surface area contributed by atoms with Crippen molar-refractivity contribution < 1.29 is 39.8 Å². The molecule has 78 heavy (non-hydrogen) atoms. The lowest BCUT2D eigenvalue weighted by atomic mass is 9.99. The van der Waals surface area contributed by atoms with Crippen molar-refractivity contribution in [1.29, 1.82) is 0 Å². The van der Waals surface area contributed by atoms with Gasteiger partial charge in [0.25, 0.3) is 0 Å². The molecule has 0 saturated carbocycles.